The van der Waals surface area contributed by atoms with Gasteiger partial charge in [0.2, 0.25) is 5.88 Å². The van der Waals surface area contributed by atoms with Crippen molar-refractivity contribution >= 4 is 23.3 Å². The molecular weight excluding hydrogens is 360 g/mol. The molecule has 1 saturated heterocycles. The average molecular weight is 380 g/mol. The Bertz CT molecular complexity index is 894. The van der Waals surface area contributed by atoms with Gasteiger partial charge in [-0.3, -0.25) is 0 Å². The second-order valence-electron chi connectivity index (χ2n) is 6.35. The summed E-state index contributed by atoms with van der Waals surface area (Å²) in [5.41, 5.74) is 1.09. The highest BCUT2D eigenvalue weighted by atomic mass is 35.5. The first kappa shape index (κ1) is 18.6. The summed E-state index contributed by atoms with van der Waals surface area (Å²) in [4.78, 5) is 0. The van der Waals surface area contributed by atoms with E-state index in [0.717, 1.165) is 25.9 Å². The van der Waals surface area contributed by atoms with E-state index in [1.165, 1.54) is 22.9 Å². The van der Waals surface area contributed by atoms with Gasteiger partial charge in [0.05, 0.1) is 23.2 Å². The number of hydrogen-bond donors (Lipinski definition) is 1. The van der Waals surface area contributed by atoms with Gasteiger partial charge in [0.15, 0.2) is 0 Å². The number of piperidine rings is 1. The number of hydrogen-bond acceptors (Lipinski definition) is 3. The summed E-state index contributed by atoms with van der Waals surface area (Å²) < 4.78 is 35.4. The molecule has 26 heavy (non-hydrogen) atoms. The van der Waals surface area contributed by atoms with Crippen LogP contribution >= 0.6 is 12.4 Å². The second-order valence-corrected chi connectivity index (χ2v) is 6.35. The van der Waals surface area contributed by atoms with Crippen LogP contribution in [0.2, 0.25) is 0 Å². The standard InChI is InChI=1S/C19H19F2N3O.ClH/c20-14-5-1-6-15(10-14)24-17-8-2-7-16(21)18(17)19(23-24)25-12-13-4-3-9-22-11-13;/h1-2,5-8,10,13,22H,3-4,9,11-12H2;1H/t13-;/m0./s1. The predicted octanol–water partition coefficient (Wildman–Crippen LogP) is 4.10. The van der Waals surface area contributed by atoms with Crippen LogP contribution in [0.25, 0.3) is 16.6 Å². The maximum atomic E-state index is 14.4. The van der Waals surface area contributed by atoms with Crippen LogP contribution in [0, 0.1) is 17.6 Å². The molecule has 0 aliphatic carbocycles. The zero-order chi connectivity index (χ0) is 17.2. The molecule has 1 atom stereocenters. The minimum Gasteiger partial charge on any atom is -0.476 e. The number of halogens is 3. The lowest BCUT2D eigenvalue weighted by Crippen LogP contribution is -2.33. The van der Waals surface area contributed by atoms with E-state index in [4.69, 9.17) is 4.74 Å². The molecule has 138 valence electrons. The first-order valence-corrected chi connectivity index (χ1v) is 8.49. The number of nitrogens with one attached hydrogen (secondary N) is 1. The van der Waals surface area contributed by atoms with Crippen molar-refractivity contribution in [1.82, 2.24) is 15.1 Å². The van der Waals surface area contributed by atoms with Crippen LogP contribution in [0.3, 0.4) is 0 Å². The number of rotatable bonds is 4. The van der Waals surface area contributed by atoms with Gasteiger partial charge in [-0.25, -0.2) is 13.5 Å². The van der Waals surface area contributed by atoms with E-state index < -0.39 is 5.82 Å². The number of aromatic nitrogens is 2. The van der Waals surface area contributed by atoms with Crippen molar-refractivity contribution in [2.24, 2.45) is 5.92 Å². The van der Waals surface area contributed by atoms with Crippen molar-refractivity contribution in [3.8, 4) is 11.6 Å². The molecule has 3 aromatic rings. The molecule has 4 nitrogen and oxygen atoms in total. The van der Waals surface area contributed by atoms with Crippen LogP contribution in [-0.2, 0) is 0 Å². The maximum absolute atomic E-state index is 14.4. The van der Waals surface area contributed by atoms with Gasteiger partial charge in [-0.05, 0) is 49.7 Å². The van der Waals surface area contributed by atoms with Crippen molar-refractivity contribution in [2.75, 3.05) is 19.7 Å². The van der Waals surface area contributed by atoms with Crippen LogP contribution in [0.15, 0.2) is 42.5 Å². The lowest BCUT2D eigenvalue weighted by Gasteiger charge is -2.22. The van der Waals surface area contributed by atoms with Gasteiger partial charge in [-0.2, -0.15) is 0 Å². The van der Waals surface area contributed by atoms with Crippen LogP contribution in [0.4, 0.5) is 8.78 Å². The summed E-state index contributed by atoms with van der Waals surface area (Å²) in [6.45, 7) is 2.41. The number of ether oxygens (including phenoxy) is 1. The van der Waals surface area contributed by atoms with Crippen molar-refractivity contribution in [3.63, 3.8) is 0 Å². The molecule has 2 heterocycles. The zero-order valence-corrected chi connectivity index (χ0v) is 14.9. The number of benzene rings is 2. The van der Waals surface area contributed by atoms with Gasteiger partial charge in [0.25, 0.3) is 0 Å². The van der Waals surface area contributed by atoms with E-state index in [1.54, 1.807) is 24.3 Å². The third kappa shape index (κ3) is 3.66. The Hall–Kier alpha value is -2.18. The topological polar surface area (TPSA) is 39.1 Å². The quantitative estimate of drug-likeness (QED) is 0.741. The molecule has 1 aliphatic rings. The van der Waals surface area contributed by atoms with E-state index >= 15 is 0 Å². The van der Waals surface area contributed by atoms with E-state index in [0.29, 0.717) is 29.1 Å². The molecule has 2 aromatic carbocycles. The maximum Gasteiger partial charge on any atom is 0.244 e. The summed E-state index contributed by atoms with van der Waals surface area (Å²) in [7, 11) is 0. The van der Waals surface area contributed by atoms with Crippen LogP contribution in [-0.4, -0.2) is 29.5 Å². The molecule has 0 saturated carbocycles. The van der Waals surface area contributed by atoms with Crippen molar-refractivity contribution in [2.45, 2.75) is 12.8 Å². The summed E-state index contributed by atoms with van der Waals surface area (Å²) in [5, 5.41) is 8.08. The Kier molecular flexibility index (Phi) is 5.74. The second kappa shape index (κ2) is 8.01. The average Bonchev–Trinajstić information content (AvgIpc) is 3.01. The highest BCUT2D eigenvalue weighted by molar-refractivity contribution is 5.86. The summed E-state index contributed by atoms with van der Waals surface area (Å²) in [6.07, 6.45) is 2.19. The monoisotopic (exact) mass is 379 g/mol. The minimum absolute atomic E-state index is 0. The predicted molar refractivity (Wildman–Crippen MR) is 99.3 cm³/mol. The molecule has 4 rings (SSSR count). The Morgan fingerprint density at radius 2 is 2.04 bits per heavy atom. The third-order valence-electron chi connectivity index (χ3n) is 4.53. The van der Waals surface area contributed by atoms with Gasteiger partial charge >= 0.3 is 0 Å². The SMILES string of the molecule is Cl.Fc1cccc(-n2nc(OC[C@H]3CCCNC3)c3c(F)cccc32)c1. The first-order chi connectivity index (χ1) is 12.2. The molecule has 7 heteroatoms. The molecule has 1 aliphatic heterocycles. The molecular formula is C19H20ClF2N3O. The van der Waals surface area contributed by atoms with Gasteiger partial charge in [-0.15, -0.1) is 17.5 Å². The first-order valence-electron chi connectivity index (χ1n) is 8.49. The Labute approximate surface area is 156 Å². The molecule has 0 unspecified atom stereocenters. The van der Waals surface area contributed by atoms with Crippen LogP contribution < -0.4 is 10.1 Å². The molecule has 1 N–H and O–H groups in total. The minimum atomic E-state index is -0.392. The van der Waals surface area contributed by atoms with Crippen molar-refractivity contribution in [1.29, 1.82) is 0 Å². The lowest BCUT2D eigenvalue weighted by atomic mass is 10.0. The largest absolute Gasteiger partial charge is 0.476 e. The molecule has 0 radical (unpaired) electrons. The summed E-state index contributed by atoms with van der Waals surface area (Å²) >= 11 is 0. The van der Waals surface area contributed by atoms with E-state index in [9.17, 15) is 8.78 Å². The third-order valence-corrected chi connectivity index (χ3v) is 4.53. The molecule has 1 fully saturated rings. The highest BCUT2D eigenvalue weighted by Crippen LogP contribution is 2.30. The van der Waals surface area contributed by atoms with Gasteiger partial charge in [0, 0.05) is 12.5 Å². The highest BCUT2D eigenvalue weighted by Gasteiger charge is 2.19. The smallest absolute Gasteiger partial charge is 0.244 e. The van der Waals surface area contributed by atoms with E-state index in [-0.39, 0.29) is 24.1 Å². The fourth-order valence-corrected chi connectivity index (χ4v) is 3.26. The molecule has 1 aromatic heterocycles. The van der Waals surface area contributed by atoms with Gasteiger partial charge < -0.3 is 10.1 Å². The van der Waals surface area contributed by atoms with Crippen molar-refractivity contribution < 1.29 is 13.5 Å². The fraction of sp³-hybridized carbons (Fsp3) is 0.316. The summed E-state index contributed by atoms with van der Waals surface area (Å²) in [6, 6.07) is 10.8. The fourth-order valence-electron chi connectivity index (χ4n) is 3.26. The summed E-state index contributed by atoms with van der Waals surface area (Å²) in [5.74, 6) is -0.122. The Balaban J connectivity index is 0.00000196. The molecule has 0 bridgehead atoms. The Morgan fingerprint density at radius 1 is 1.19 bits per heavy atom. The van der Waals surface area contributed by atoms with Gasteiger partial charge in [-0.1, -0.05) is 12.1 Å². The van der Waals surface area contributed by atoms with Gasteiger partial charge in [0.1, 0.15) is 11.6 Å². The Morgan fingerprint density at radius 3 is 2.81 bits per heavy atom. The van der Waals surface area contributed by atoms with E-state index in [2.05, 4.69) is 10.4 Å². The van der Waals surface area contributed by atoms with Crippen LogP contribution in [0.1, 0.15) is 12.8 Å². The number of nitrogens with zero attached hydrogens (tertiary/aromatic N) is 2. The van der Waals surface area contributed by atoms with Crippen LogP contribution in [0.5, 0.6) is 5.88 Å². The normalized spacial score (nSPS) is 17.1. The zero-order valence-electron chi connectivity index (χ0n) is 14.1. The lowest BCUT2D eigenvalue weighted by molar-refractivity contribution is 0.213. The molecule has 0 amide bonds. The van der Waals surface area contributed by atoms with Crippen molar-refractivity contribution in [3.05, 3.63) is 54.1 Å². The van der Waals surface area contributed by atoms with E-state index in [1.807, 2.05) is 0 Å². The molecule has 0 spiro atoms. The number of fused-ring (bicyclic) bond motifs is 1.